The normalized spacial score (nSPS) is 15.2. The van der Waals surface area contributed by atoms with E-state index in [1.54, 1.807) is 43.8 Å². The highest BCUT2D eigenvalue weighted by Gasteiger charge is 2.32. The maximum Gasteiger partial charge on any atom is 0.260 e. The van der Waals surface area contributed by atoms with E-state index in [4.69, 9.17) is 20.2 Å². The van der Waals surface area contributed by atoms with Crippen molar-refractivity contribution in [1.82, 2.24) is 24.3 Å². The monoisotopic (exact) mass is 583 g/mol. The lowest BCUT2D eigenvalue weighted by molar-refractivity contribution is -0.130. The highest BCUT2D eigenvalue weighted by Crippen LogP contribution is 2.37. The fourth-order valence-corrected chi connectivity index (χ4v) is 5.52. The van der Waals surface area contributed by atoms with Crippen LogP contribution in [0.25, 0.3) is 16.8 Å². The molecule has 1 fully saturated rings. The topological polar surface area (TPSA) is 137 Å². The number of carbonyl (C=O) groups is 2. The molecular formula is C32H37N7O4. The van der Waals surface area contributed by atoms with Crippen molar-refractivity contribution in [2.45, 2.75) is 45.1 Å². The number of fused-ring (bicyclic) bond motifs is 1. The number of pyridine rings is 1. The van der Waals surface area contributed by atoms with Crippen LogP contribution in [-0.2, 0) is 16.0 Å². The fraction of sp³-hybridized carbons (Fsp3) is 0.344. The summed E-state index contributed by atoms with van der Waals surface area (Å²) in [6.45, 7) is 3.09. The molecule has 224 valence electrons. The van der Waals surface area contributed by atoms with Crippen molar-refractivity contribution in [3.63, 3.8) is 0 Å². The van der Waals surface area contributed by atoms with Crippen molar-refractivity contribution in [2.75, 3.05) is 38.4 Å². The highest BCUT2D eigenvalue weighted by molar-refractivity contribution is 6.06. The van der Waals surface area contributed by atoms with Gasteiger partial charge in [0.25, 0.3) is 5.91 Å². The van der Waals surface area contributed by atoms with Gasteiger partial charge in [0.15, 0.2) is 0 Å². The molecule has 1 aliphatic heterocycles. The smallest absolute Gasteiger partial charge is 0.260 e. The van der Waals surface area contributed by atoms with Gasteiger partial charge in [0.2, 0.25) is 5.91 Å². The van der Waals surface area contributed by atoms with Gasteiger partial charge in [0.1, 0.15) is 34.4 Å². The standard InChI is InChI=1S/C32H37N7O4/c1-4-8-21-13-14-34-26(19-21)36-32(41)23-12-11-22(20-25(23)43-3)28-29-30(33)35-15-17-39(29)31(37-28)24-9-5-6-16-38(24)27(40)10-7-18-42-2/h7,10-15,17,19-20,24H,4-6,8-9,16,18H2,1-3H3,(H2,33,35)(H,34,36,41)/b10-7+. The van der Waals surface area contributed by atoms with Gasteiger partial charge in [-0.15, -0.1) is 0 Å². The molecule has 3 N–H and O–H groups in total. The summed E-state index contributed by atoms with van der Waals surface area (Å²) >= 11 is 0. The number of aryl methyl sites for hydroxylation is 1. The summed E-state index contributed by atoms with van der Waals surface area (Å²) in [4.78, 5) is 41.9. The maximum atomic E-state index is 13.3. The zero-order valence-corrected chi connectivity index (χ0v) is 24.7. The Balaban J connectivity index is 1.51. The number of hydrogen-bond donors (Lipinski definition) is 2. The first kappa shape index (κ1) is 29.7. The molecule has 0 radical (unpaired) electrons. The molecule has 3 aromatic heterocycles. The maximum absolute atomic E-state index is 13.3. The molecule has 0 saturated carbocycles. The van der Waals surface area contributed by atoms with Crippen LogP contribution < -0.4 is 15.8 Å². The van der Waals surface area contributed by atoms with E-state index in [9.17, 15) is 9.59 Å². The van der Waals surface area contributed by atoms with E-state index >= 15 is 0 Å². The second kappa shape index (κ2) is 13.5. The second-order valence-electron chi connectivity index (χ2n) is 10.4. The van der Waals surface area contributed by atoms with Crippen molar-refractivity contribution in [3.05, 3.63) is 78.0 Å². The first-order valence-electron chi connectivity index (χ1n) is 14.5. The molecule has 0 bridgehead atoms. The van der Waals surface area contributed by atoms with Gasteiger partial charge in [-0.25, -0.2) is 15.0 Å². The molecule has 4 aromatic rings. The lowest BCUT2D eigenvalue weighted by Crippen LogP contribution is -2.38. The van der Waals surface area contributed by atoms with Crippen LogP contribution >= 0.6 is 0 Å². The number of aromatic nitrogens is 4. The van der Waals surface area contributed by atoms with E-state index in [0.29, 0.717) is 58.7 Å². The van der Waals surface area contributed by atoms with Crippen molar-refractivity contribution in [2.24, 2.45) is 0 Å². The van der Waals surface area contributed by atoms with Crippen LogP contribution in [-0.4, -0.2) is 63.4 Å². The molecule has 5 rings (SSSR count). The van der Waals surface area contributed by atoms with Crippen LogP contribution in [0.15, 0.2) is 61.1 Å². The van der Waals surface area contributed by atoms with Gasteiger partial charge in [-0.1, -0.05) is 25.5 Å². The van der Waals surface area contributed by atoms with Gasteiger partial charge in [-0.3, -0.25) is 14.0 Å². The molecule has 4 heterocycles. The van der Waals surface area contributed by atoms with Crippen molar-refractivity contribution in [1.29, 1.82) is 0 Å². The average molecular weight is 584 g/mol. The Morgan fingerprint density at radius 3 is 2.79 bits per heavy atom. The first-order valence-corrected chi connectivity index (χ1v) is 14.5. The number of hydrogen-bond acceptors (Lipinski definition) is 8. The summed E-state index contributed by atoms with van der Waals surface area (Å²) in [7, 11) is 3.11. The summed E-state index contributed by atoms with van der Waals surface area (Å²) in [6, 6.07) is 8.86. The van der Waals surface area contributed by atoms with Crippen LogP contribution in [0.1, 0.15) is 60.4 Å². The highest BCUT2D eigenvalue weighted by atomic mass is 16.5. The number of carbonyl (C=O) groups excluding carboxylic acids is 2. The van der Waals surface area contributed by atoms with E-state index in [0.717, 1.165) is 37.7 Å². The first-order chi connectivity index (χ1) is 20.9. The predicted molar refractivity (Wildman–Crippen MR) is 165 cm³/mol. The summed E-state index contributed by atoms with van der Waals surface area (Å²) in [6.07, 6.45) is 13.0. The number of imidazole rings is 1. The van der Waals surface area contributed by atoms with E-state index in [1.165, 1.54) is 7.11 Å². The van der Waals surface area contributed by atoms with Gasteiger partial charge in [-0.05, 0) is 55.5 Å². The molecule has 0 aliphatic carbocycles. The van der Waals surface area contributed by atoms with Crippen molar-refractivity contribution in [3.8, 4) is 17.0 Å². The number of benzene rings is 1. The Morgan fingerprint density at radius 2 is 2.00 bits per heavy atom. The fourth-order valence-electron chi connectivity index (χ4n) is 5.52. The lowest BCUT2D eigenvalue weighted by Gasteiger charge is -2.34. The third kappa shape index (κ3) is 6.36. The number of nitrogen functional groups attached to an aromatic ring is 1. The van der Waals surface area contributed by atoms with Crippen LogP contribution in [0, 0.1) is 0 Å². The minimum Gasteiger partial charge on any atom is -0.496 e. The Bertz CT molecular complexity index is 1650. The third-order valence-corrected chi connectivity index (χ3v) is 7.54. The second-order valence-corrected chi connectivity index (χ2v) is 10.4. The van der Waals surface area contributed by atoms with Crippen LogP contribution in [0.2, 0.25) is 0 Å². The van der Waals surface area contributed by atoms with Crippen LogP contribution in [0.4, 0.5) is 11.6 Å². The summed E-state index contributed by atoms with van der Waals surface area (Å²) in [5.41, 5.74) is 9.78. The Kier molecular flexibility index (Phi) is 9.31. The molecule has 2 amide bonds. The number of ether oxygens (including phenoxy) is 2. The van der Waals surface area contributed by atoms with Crippen molar-refractivity contribution < 1.29 is 19.1 Å². The molecule has 1 atom stereocenters. The predicted octanol–water partition coefficient (Wildman–Crippen LogP) is 4.84. The number of likely N-dealkylation sites (tertiary alicyclic amines) is 1. The molecule has 1 saturated heterocycles. The number of amides is 2. The molecule has 1 aliphatic rings. The Labute approximate surface area is 250 Å². The Morgan fingerprint density at radius 1 is 1.14 bits per heavy atom. The van der Waals surface area contributed by atoms with Gasteiger partial charge in [0.05, 0.1) is 25.3 Å². The number of nitrogens with two attached hydrogens (primary N) is 1. The van der Waals surface area contributed by atoms with Gasteiger partial charge < -0.3 is 25.4 Å². The molecule has 43 heavy (non-hydrogen) atoms. The van der Waals surface area contributed by atoms with Crippen molar-refractivity contribution >= 4 is 29.0 Å². The molecule has 0 spiro atoms. The summed E-state index contributed by atoms with van der Waals surface area (Å²) < 4.78 is 12.6. The van der Waals surface area contributed by atoms with Crippen LogP contribution in [0.3, 0.4) is 0 Å². The van der Waals surface area contributed by atoms with E-state index in [2.05, 4.69) is 22.2 Å². The average Bonchev–Trinajstić information content (AvgIpc) is 3.42. The van der Waals surface area contributed by atoms with E-state index in [1.807, 2.05) is 33.7 Å². The number of anilines is 2. The molecule has 1 unspecified atom stereocenters. The number of nitrogens with one attached hydrogen (secondary N) is 1. The quantitative estimate of drug-likeness (QED) is 0.253. The largest absolute Gasteiger partial charge is 0.496 e. The SMILES string of the molecule is CCCc1ccnc(NC(=O)c2ccc(-c3nc(C4CCCCN4C(=O)/C=C/COC)n4ccnc(N)c34)cc2OC)c1. The molecule has 1 aromatic carbocycles. The minimum absolute atomic E-state index is 0.0890. The van der Waals surface area contributed by atoms with Gasteiger partial charge >= 0.3 is 0 Å². The minimum atomic E-state index is -0.334. The van der Waals surface area contributed by atoms with E-state index < -0.39 is 0 Å². The Hall–Kier alpha value is -4.77. The van der Waals surface area contributed by atoms with E-state index in [-0.39, 0.29) is 17.9 Å². The van der Waals surface area contributed by atoms with Gasteiger partial charge in [-0.2, -0.15) is 0 Å². The number of rotatable bonds is 10. The molecule has 11 nitrogen and oxygen atoms in total. The number of piperidine rings is 1. The zero-order chi connectivity index (χ0) is 30.3. The lowest BCUT2D eigenvalue weighted by atomic mass is 10.0. The van der Waals surface area contributed by atoms with Gasteiger partial charge in [0, 0.05) is 43.9 Å². The number of methoxy groups -OCH3 is 2. The molecule has 11 heteroatoms. The third-order valence-electron chi connectivity index (χ3n) is 7.54. The molecular weight excluding hydrogens is 546 g/mol. The number of nitrogens with zero attached hydrogens (tertiary/aromatic N) is 5. The van der Waals surface area contributed by atoms with Crippen LogP contribution in [0.5, 0.6) is 5.75 Å². The summed E-state index contributed by atoms with van der Waals surface area (Å²) in [5.74, 6) is 1.44. The summed E-state index contributed by atoms with van der Waals surface area (Å²) in [5, 5.41) is 2.88. The zero-order valence-electron chi connectivity index (χ0n) is 24.7.